The van der Waals surface area contributed by atoms with Gasteiger partial charge < -0.3 is 9.53 Å². The molecule has 0 saturated carbocycles. The number of carbonyl (C=O) groups excluding carboxylic acids is 2. The third kappa shape index (κ3) is 7.45. The van der Waals surface area contributed by atoms with Crippen molar-refractivity contribution in [1.29, 1.82) is 0 Å². The van der Waals surface area contributed by atoms with E-state index in [1.54, 1.807) is 13.0 Å². The fraction of sp³-hybridized carbons (Fsp3) is 0.176. The Hall–Kier alpha value is -1.90. The van der Waals surface area contributed by atoms with E-state index in [4.69, 9.17) is 4.74 Å². The molecule has 112 valence electrons. The van der Waals surface area contributed by atoms with Gasteiger partial charge in [-0.05, 0) is 13.8 Å². The van der Waals surface area contributed by atoms with Crippen LogP contribution in [0.25, 0.3) is 6.08 Å². The second-order valence-corrected chi connectivity index (χ2v) is 4.02. The predicted molar refractivity (Wildman–Crippen MR) is 79.4 cm³/mol. The van der Waals surface area contributed by atoms with Crippen molar-refractivity contribution in [3.8, 4) is 0 Å². The maximum atomic E-state index is 11.4. The molecule has 2 aromatic carbocycles. The molecule has 4 heteroatoms. The van der Waals surface area contributed by atoms with Gasteiger partial charge in [-0.15, -0.1) is 23.8 Å². The summed E-state index contributed by atoms with van der Waals surface area (Å²) < 4.78 is 4.79. The summed E-state index contributed by atoms with van der Waals surface area (Å²) in [4.78, 5) is 22.6. The summed E-state index contributed by atoms with van der Waals surface area (Å²) in [5.74, 6) is -0.846. The first kappa shape index (κ1) is 19.1. The molecule has 0 aliphatic carbocycles. The van der Waals surface area contributed by atoms with Gasteiger partial charge in [-0.25, -0.2) is 12.1 Å². The summed E-state index contributed by atoms with van der Waals surface area (Å²) in [7, 11) is 0. The average Bonchev–Trinajstić information content (AvgIpc) is 3.11. The minimum atomic E-state index is -0.564. The van der Waals surface area contributed by atoms with Gasteiger partial charge in [0.25, 0.3) is 5.97 Å². The summed E-state index contributed by atoms with van der Waals surface area (Å²) in [5, 5.41) is 0. The summed E-state index contributed by atoms with van der Waals surface area (Å²) in [6.45, 7) is 3.33. The number of esters is 1. The van der Waals surface area contributed by atoms with Crippen molar-refractivity contribution in [1.82, 2.24) is 0 Å². The van der Waals surface area contributed by atoms with Crippen LogP contribution in [-0.4, -0.2) is 18.4 Å². The summed E-state index contributed by atoms with van der Waals surface area (Å²) in [6.07, 6.45) is 1.54. The molecule has 2 aromatic rings. The molecule has 0 aliphatic heterocycles. The van der Waals surface area contributed by atoms with Crippen molar-refractivity contribution in [2.45, 2.75) is 13.8 Å². The third-order valence-corrected chi connectivity index (χ3v) is 2.43. The Kier molecular flexibility index (Phi) is 9.86. The molecule has 21 heavy (non-hydrogen) atoms. The molecule has 0 heterocycles. The van der Waals surface area contributed by atoms with E-state index < -0.39 is 5.97 Å². The maximum Gasteiger partial charge on any atom is 2.00 e. The van der Waals surface area contributed by atoms with Crippen molar-refractivity contribution in [2.24, 2.45) is 0 Å². The number of ketones is 1. The van der Waals surface area contributed by atoms with Gasteiger partial charge in [0.05, 0.1) is 6.61 Å². The van der Waals surface area contributed by atoms with E-state index in [9.17, 15) is 9.59 Å². The second kappa shape index (κ2) is 10.8. The van der Waals surface area contributed by atoms with Gasteiger partial charge in [0.15, 0.2) is 0 Å². The molecular formula is C17H18FeO3. The molecule has 0 spiro atoms. The van der Waals surface area contributed by atoms with Gasteiger partial charge in [0.1, 0.15) is 5.78 Å². The Morgan fingerprint density at radius 1 is 1.14 bits per heavy atom. The van der Waals surface area contributed by atoms with Crippen molar-refractivity contribution in [3.05, 3.63) is 65.7 Å². The summed E-state index contributed by atoms with van der Waals surface area (Å²) >= 11 is 0. The zero-order valence-electron chi connectivity index (χ0n) is 12.1. The minimum Gasteiger partial charge on any atom is -0.469 e. The zero-order chi connectivity index (χ0) is 14.8. The van der Waals surface area contributed by atoms with Crippen LogP contribution in [0.1, 0.15) is 19.4 Å². The van der Waals surface area contributed by atoms with Crippen molar-refractivity contribution in [3.63, 3.8) is 0 Å². The van der Waals surface area contributed by atoms with Crippen LogP contribution >= 0.6 is 0 Å². The second-order valence-electron chi connectivity index (χ2n) is 4.02. The van der Waals surface area contributed by atoms with Crippen LogP contribution in [0.3, 0.4) is 0 Å². The number of rotatable bonds is 4. The van der Waals surface area contributed by atoms with Gasteiger partial charge in [0, 0.05) is 5.57 Å². The van der Waals surface area contributed by atoms with Crippen LogP contribution in [0.15, 0.2) is 60.2 Å². The molecule has 0 amide bonds. The van der Waals surface area contributed by atoms with Crippen LogP contribution in [0.5, 0.6) is 0 Å². The Morgan fingerprint density at radius 3 is 2.10 bits per heavy atom. The van der Waals surface area contributed by atoms with Crippen LogP contribution < -0.4 is 0 Å². The molecule has 0 unspecified atom stereocenters. The quantitative estimate of drug-likeness (QED) is 0.216. The molecule has 0 atom stereocenters. The van der Waals surface area contributed by atoms with Gasteiger partial charge >= 0.3 is 17.1 Å². The Labute approximate surface area is 135 Å². The van der Waals surface area contributed by atoms with Crippen LogP contribution in [0, 0.1) is 0 Å². The third-order valence-electron chi connectivity index (χ3n) is 2.43. The number of hydrogen-bond acceptors (Lipinski definition) is 3. The molecule has 2 rings (SSSR count). The molecule has 0 saturated heterocycles. The van der Waals surface area contributed by atoms with Gasteiger partial charge in [-0.1, -0.05) is 0 Å². The van der Waals surface area contributed by atoms with E-state index in [0.29, 0.717) is 0 Å². The first-order chi connectivity index (χ1) is 9.65. The van der Waals surface area contributed by atoms with E-state index in [0.717, 1.165) is 5.56 Å². The molecular weight excluding hydrogens is 308 g/mol. The van der Waals surface area contributed by atoms with Crippen molar-refractivity contribution < 1.29 is 31.4 Å². The van der Waals surface area contributed by atoms with Crippen LogP contribution in [0.4, 0.5) is 0 Å². The SMILES string of the molecule is CCOC(=O)C(=C[c-]1cccc1)C(C)=O.[Fe+2].c1cc[cH-]c1. The monoisotopic (exact) mass is 326 g/mol. The van der Waals surface area contributed by atoms with Gasteiger partial charge in [0.2, 0.25) is 0 Å². The topological polar surface area (TPSA) is 43.4 Å². The Bertz CT molecular complexity index is 519. The van der Waals surface area contributed by atoms with Crippen molar-refractivity contribution in [2.75, 3.05) is 6.61 Å². The maximum absolute atomic E-state index is 11.4. The molecule has 0 fully saturated rings. The minimum absolute atomic E-state index is 0. The molecule has 0 aliphatic rings. The van der Waals surface area contributed by atoms with Crippen molar-refractivity contribution >= 4 is 17.8 Å². The van der Waals surface area contributed by atoms with Crippen LogP contribution in [0.2, 0.25) is 0 Å². The molecule has 0 N–H and O–H groups in total. The molecule has 0 radical (unpaired) electrons. The molecule has 0 bridgehead atoms. The first-order valence-corrected chi connectivity index (χ1v) is 6.43. The van der Waals surface area contributed by atoms with E-state index in [-0.39, 0.29) is 35.0 Å². The Balaban J connectivity index is 0.000000562. The van der Waals surface area contributed by atoms with Gasteiger partial charge in [-0.3, -0.25) is 4.79 Å². The zero-order valence-corrected chi connectivity index (χ0v) is 13.2. The number of ether oxygens (including phenoxy) is 1. The largest absolute Gasteiger partial charge is 2.00 e. The number of carbonyl (C=O) groups is 2. The fourth-order valence-corrected chi connectivity index (χ4v) is 1.49. The smallest absolute Gasteiger partial charge is 0.469 e. The van der Waals surface area contributed by atoms with E-state index in [1.807, 2.05) is 54.6 Å². The summed E-state index contributed by atoms with van der Waals surface area (Å²) in [6, 6.07) is 17.3. The average molecular weight is 326 g/mol. The number of hydrogen-bond donors (Lipinski definition) is 0. The van der Waals surface area contributed by atoms with E-state index >= 15 is 0 Å². The normalized spacial score (nSPS) is 9.90. The van der Waals surface area contributed by atoms with Gasteiger partial charge in [-0.2, -0.15) is 30.3 Å². The fourth-order valence-electron chi connectivity index (χ4n) is 1.49. The Morgan fingerprint density at radius 2 is 1.71 bits per heavy atom. The predicted octanol–water partition coefficient (Wildman–Crippen LogP) is 3.34. The van der Waals surface area contributed by atoms with E-state index in [2.05, 4.69) is 0 Å². The molecule has 3 nitrogen and oxygen atoms in total. The first-order valence-electron chi connectivity index (χ1n) is 6.43. The standard InChI is InChI=1S/C12H13O3.C5H5.Fe/c1-3-15-12(14)11(9(2)13)8-10-6-4-5-7-10;1-2-4-5-3-1;/h4-8H,3H2,1-2H3;1-5H;/q2*-1;+2. The van der Waals surface area contributed by atoms with E-state index in [1.165, 1.54) is 6.92 Å². The number of Topliss-reactive ketones (excluding diaryl/α,β-unsaturated/α-hetero) is 1. The molecule has 0 aromatic heterocycles. The van der Waals surface area contributed by atoms with Crippen LogP contribution in [-0.2, 0) is 31.4 Å². The summed E-state index contributed by atoms with van der Waals surface area (Å²) in [5.41, 5.74) is 0.913.